The molecule has 0 aliphatic rings. The molecule has 0 saturated heterocycles. The fourth-order valence-electron chi connectivity index (χ4n) is 2.91. The summed E-state index contributed by atoms with van der Waals surface area (Å²) in [5.74, 6) is -0.762. The van der Waals surface area contributed by atoms with Crippen LogP contribution >= 0.6 is 34.8 Å². The minimum atomic E-state index is -1.10. The summed E-state index contributed by atoms with van der Waals surface area (Å²) >= 11 is 18.5. The van der Waals surface area contributed by atoms with Gasteiger partial charge in [0.25, 0.3) is 0 Å². The molecule has 0 aliphatic heterocycles. The molecule has 0 amide bonds. The van der Waals surface area contributed by atoms with E-state index in [-0.39, 0.29) is 27.8 Å². The Labute approximate surface area is 199 Å². The lowest BCUT2D eigenvalue weighted by molar-refractivity contribution is 0.0697. The van der Waals surface area contributed by atoms with E-state index in [0.717, 1.165) is 0 Å². The largest absolute Gasteiger partial charge is 0.490 e. The van der Waals surface area contributed by atoms with Crippen LogP contribution in [0.1, 0.15) is 28.4 Å². The highest BCUT2D eigenvalue weighted by Crippen LogP contribution is 2.35. The molecule has 0 fully saturated rings. The number of halogens is 4. The SMILES string of the molecule is CCOc1cc(CNc2ccc(C(=O)O)c(Cl)c2)c(Cl)cc1OCc1c(F)cccc1Cl. The molecule has 3 aromatic carbocycles. The van der Waals surface area contributed by atoms with E-state index in [1.165, 1.54) is 24.3 Å². The number of aromatic carboxylic acids is 1. The van der Waals surface area contributed by atoms with E-state index in [1.54, 1.807) is 24.3 Å². The van der Waals surface area contributed by atoms with Gasteiger partial charge >= 0.3 is 5.97 Å². The first-order valence-corrected chi connectivity index (χ1v) is 10.7. The van der Waals surface area contributed by atoms with Gasteiger partial charge in [-0.25, -0.2) is 9.18 Å². The minimum absolute atomic E-state index is 0.0188. The molecule has 2 N–H and O–H groups in total. The molecule has 0 saturated carbocycles. The third-order valence-electron chi connectivity index (χ3n) is 4.53. The summed E-state index contributed by atoms with van der Waals surface area (Å²) in [5.41, 5.74) is 1.60. The number of hydrogen-bond donors (Lipinski definition) is 2. The first-order valence-electron chi connectivity index (χ1n) is 9.57. The van der Waals surface area contributed by atoms with Gasteiger partial charge in [-0.3, -0.25) is 0 Å². The monoisotopic (exact) mass is 497 g/mol. The summed E-state index contributed by atoms with van der Waals surface area (Å²) in [6.07, 6.45) is 0. The number of carbonyl (C=O) groups is 1. The molecule has 0 spiro atoms. The zero-order valence-electron chi connectivity index (χ0n) is 16.9. The predicted octanol–water partition coefficient (Wildman–Crippen LogP) is 7.07. The van der Waals surface area contributed by atoms with Gasteiger partial charge in [-0.05, 0) is 48.9 Å². The molecule has 5 nitrogen and oxygen atoms in total. The summed E-state index contributed by atoms with van der Waals surface area (Å²) in [6.45, 7) is 2.45. The number of nitrogens with one attached hydrogen (secondary N) is 1. The van der Waals surface area contributed by atoms with E-state index in [2.05, 4.69) is 5.32 Å². The van der Waals surface area contributed by atoms with Crippen molar-refractivity contribution in [1.29, 1.82) is 0 Å². The van der Waals surface area contributed by atoms with Crippen molar-refractivity contribution in [2.45, 2.75) is 20.1 Å². The highest BCUT2D eigenvalue weighted by molar-refractivity contribution is 6.34. The van der Waals surface area contributed by atoms with Crippen LogP contribution in [0.5, 0.6) is 11.5 Å². The van der Waals surface area contributed by atoms with E-state index in [4.69, 9.17) is 49.4 Å². The number of hydrogen-bond acceptors (Lipinski definition) is 4. The van der Waals surface area contributed by atoms with Crippen LogP contribution in [0.15, 0.2) is 48.5 Å². The number of ether oxygens (including phenoxy) is 2. The van der Waals surface area contributed by atoms with Crippen molar-refractivity contribution >= 4 is 46.5 Å². The molecule has 9 heteroatoms. The number of carboxylic acid groups (broad SMARTS) is 1. The quantitative estimate of drug-likeness (QED) is 0.330. The molecule has 3 rings (SSSR count). The molecule has 0 unspecified atom stereocenters. The highest BCUT2D eigenvalue weighted by Gasteiger charge is 2.15. The lowest BCUT2D eigenvalue weighted by Crippen LogP contribution is -2.05. The van der Waals surface area contributed by atoms with Gasteiger partial charge in [0.05, 0.1) is 22.2 Å². The fraction of sp³-hybridized carbons (Fsp3) is 0.174. The molecular formula is C23H19Cl3FNO4. The maximum Gasteiger partial charge on any atom is 0.337 e. The Hall–Kier alpha value is -2.67. The van der Waals surface area contributed by atoms with Gasteiger partial charge in [0.2, 0.25) is 0 Å². The average molecular weight is 499 g/mol. The zero-order valence-corrected chi connectivity index (χ0v) is 19.2. The van der Waals surface area contributed by atoms with Gasteiger partial charge in [-0.2, -0.15) is 0 Å². The second kappa shape index (κ2) is 10.8. The van der Waals surface area contributed by atoms with Gasteiger partial charge in [0.15, 0.2) is 11.5 Å². The predicted molar refractivity (Wildman–Crippen MR) is 124 cm³/mol. The van der Waals surface area contributed by atoms with E-state index in [9.17, 15) is 9.18 Å². The summed E-state index contributed by atoms with van der Waals surface area (Å²) in [4.78, 5) is 11.1. The van der Waals surface area contributed by atoms with Gasteiger partial charge in [0, 0.05) is 28.9 Å². The van der Waals surface area contributed by atoms with Gasteiger partial charge in [-0.15, -0.1) is 0 Å². The molecule has 0 aliphatic carbocycles. The van der Waals surface area contributed by atoms with Gasteiger partial charge < -0.3 is 19.9 Å². The molecule has 0 bridgehead atoms. The molecule has 3 aromatic rings. The summed E-state index contributed by atoms with van der Waals surface area (Å²) in [7, 11) is 0. The van der Waals surface area contributed by atoms with E-state index in [0.29, 0.717) is 40.9 Å². The van der Waals surface area contributed by atoms with Crippen molar-refractivity contribution in [1.82, 2.24) is 0 Å². The average Bonchev–Trinajstić information content (AvgIpc) is 2.74. The van der Waals surface area contributed by atoms with Crippen LogP contribution in [0, 0.1) is 5.82 Å². The molecule has 168 valence electrons. The molecule has 0 heterocycles. The Morgan fingerprint density at radius 2 is 1.75 bits per heavy atom. The fourth-order valence-corrected chi connectivity index (χ4v) is 3.61. The third-order valence-corrected chi connectivity index (χ3v) is 5.55. The van der Waals surface area contributed by atoms with E-state index < -0.39 is 11.8 Å². The zero-order chi connectivity index (χ0) is 23.3. The van der Waals surface area contributed by atoms with Crippen molar-refractivity contribution in [2.24, 2.45) is 0 Å². The number of carboxylic acids is 1. The third kappa shape index (κ3) is 5.76. The first-order chi connectivity index (χ1) is 15.3. The highest BCUT2D eigenvalue weighted by atomic mass is 35.5. The Kier molecular flexibility index (Phi) is 8.07. The summed E-state index contributed by atoms with van der Waals surface area (Å²) in [6, 6.07) is 12.3. The van der Waals surface area contributed by atoms with Crippen molar-refractivity contribution in [3.05, 3.63) is 86.1 Å². The van der Waals surface area contributed by atoms with Crippen molar-refractivity contribution < 1.29 is 23.8 Å². The van der Waals surface area contributed by atoms with Crippen LogP contribution in [0.4, 0.5) is 10.1 Å². The van der Waals surface area contributed by atoms with Crippen molar-refractivity contribution in [3.63, 3.8) is 0 Å². The maximum atomic E-state index is 14.0. The van der Waals surface area contributed by atoms with Gasteiger partial charge in [-0.1, -0.05) is 40.9 Å². The molecule has 0 radical (unpaired) electrons. The van der Waals surface area contributed by atoms with Crippen LogP contribution in [0.2, 0.25) is 15.1 Å². The van der Waals surface area contributed by atoms with Crippen molar-refractivity contribution in [2.75, 3.05) is 11.9 Å². The smallest absolute Gasteiger partial charge is 0.337 e. The summed E-state index contributed by atoms with van der Waals surface area (Å²) in [5, 5.41) is 13.0. The van der Waals surface area contributed by atoms with Crippen LogP contribution < -0.4 is 14.8 Å². The van der Waals surface area contributed by atoms with Crippen LogP contribution in [0.3, 0.4) is 0 Å². The Morgan fingerprint density at radius 3 is 2.41 bits per heavy atom. The van der Waals surface area contributed by atoms with Crippen LogP contribution in [-0.2, 0) is 13.2 Å². The molecular weight excluding hydrogens is 480 g/mol. The second-order valence-electron chi connectivity index (χ2n) is 6.67. The number of anilines is 1. The molecule has 0 aromatic heterocycles. The lowest BCUT2D eigenvalue weighted by Gasteiger charge is -2.16. The lowest BCUT2D eigenvalue weighted by atomic mass is 10.1. The maximum absolute atomic E-state index is 14.0. The van der Waals surface area contributed by atoms with E-state index in [1.807, 2.05) is 6.92 Å². The van der Waals surface area contributed by atoms with E-state index >= 15 is 0 Å². The Balaban J connectivity index is 1.77. The first kappa shape index (κ1) is 24.0. The second-order valence-corrected chi connectivity index (χ2v) is 7.89. The normalized spacial score (nSPS) is 10.7. The minimum Gasteiger partial charge on any atom is -0.490 e. The number of benzene rings is 3. The molecule has 0 atom stereocenters. The van der Waals surface area contributed by atoms with Gasteiger partial charge in [0.1, 0.15) is 12.4 Å². The standard InChI is InChI=1S/C23H19Cl3FNO4/c1-2-31-21-8-13(11-28-14-6-7-15(23(29)30)19(26)9-14)18(25)10-22(21)32-12-16-17(24)4-3-5-20(16)27/h3-10,28H,2,11-12H2,1H3,(H,29,30). The number of rotatable bonds is 9. The Bertz CT molecular complexity index is 1120. The topological polar surface area (TPSA) is 67.8 Å². The summed E-state index contributed by atoms with van der Waals surface area (Å²) < 4.78 is 25.5. The van der Waals surface area contributed by atoms with Crippen LogP contribution in [0.25, 0.3) is 0 Å². The van der Waals surface area contributed by atoms with Crippen molar-refractivity contribution in [3.8, 4) is 11.5 Å². The Morgan fingerprint density at radius 1 is 1.00 bits per heavy atom. The molecule has 32 heavy (non-hydrogen) atoms. The van der Waals surface area contributed by atoms with Crippen LogP contribution in [-0.4, -0.2) is 17.7 Å².